The van der Waals surface area contributed by atoms with Crippen molar-refractivity contribution < 1.29 is 9.47 Å². The first-order valence-electron chi connectivity index (χ1n) is 7.13. The summed E-state index contributed by atoms with van der Waals surface area (Å²) in [6, 6.07) is 13.3. The highest BCUT2D eigenvalue weighted by atomic mass is 16.5. The summed E-state index contributed by atoms with van der Waals surface area (Å²) in [5.41, 5.74) is 8.08. The minimum absolute atomic E-state index is 0.167. The molecule has 112 valence electrons. The Hall–Kier alpha value is -2.07. The molecule has 0 saturated carbocycles. The first-order valence-corrected chi connectivity index (χ1v) is 7.13. The Morgan fingerprint density at radius 2 is 1.81 bits per heavy atom. The van der Waals surface area contributed by atoms with E-state index in [9.17, 15) is 0 Å². The number of aromatic nitrogens is 1. The van der Waals surface area contributed by atoms with Crippen LogP contribution in [0.5, 0.6) is 11.6 Å². The third-order valence-electron chi connectivity index (χ3n) is 2.95. The maximum atomic E-state index is 6.14. The highest BCUT2D eigenvalue weighted by Gasteiger charge is 2.08. The SMILES string of the molecule is Cc1cccc(OCC(N)c2ccc(OC(C)C)cc2)n1. The molecule has 0 amide bonds. The number of rotatable bonds is 6. The van der Waals surface area contributed by atoms with Crippen LogP contribution in [0.15, 0.2) is 42.5 Å². The molecule has 1 atom stereocenters. The molecule has 21 heavy (non-hydrogen) atoms. The summed E-state index contributed by atoms with van der Waals surface area (Å²) in [5, 5.41) is 0. The molecule has 0 aliphatic heterocycles. The van der Waals surface area contributed by atoms with E-state index in [4.69, 9.17) is 15.2 Å². The van der Waals surface area contributed by atoms with Crippen molar-refractivity contribution in [1.29, 1.82) is 0 Å². The molecular weight excluding hydrogens is 264 g/mol. The number of nitrogens with zero attached hydrogens (tertiary/aromatic N) is 1. The van der Waals surface area contributed by atoms with Crippen LogP contribution in [-0.4, -0.2) is 17.7 Å². The molecule has 0 aliphatic rings. The van der Waals surface area contributed by atoms with E-state index in [-0.39, 0.29) is 12.1 Å². The van der Waals surface area contributed by atoms with Crippen molar-refractivity contribution in [3.8, 4) is 11.6 Å². The summed E-state index contributed by atoms with van der Waals surface area (Å²) in [4.78, 5) is 4.29. The number of hydrogen-bond donors (Lipinski definition) is 1. The molecule has 4 nitrogen and oxygen atoms in total. The highest BCUT2D eigenvalue weighted by molar-refractivity contribution is 5.29. The molecule has 0 bridgehead atoms. The molecule has 1 unspecified atom stereocenters. The van der Waals surface area contributed by atoms with Gasteiger partial charge in [-0.15, -0.1) is 0 Å². The number of ether oxygens (including phenoxy) is 2. The summed E-state index contributed by atoms with van der Waals surface area (Å²) in [6.45, 7) is 6.33. The third-order valence-corrected chi connectivity index (χ3v) is 2.95. The van der Waals surface area contributed by atoms with E-state index in [1.54, 1.807) is 0 Å². The summed E-state index contributed by atoms with van der Waals surface area (Å²) in [6.07, 6.45) is 0.167. The lowest BCUT2D eigenvalue weighted by atomic mass is 10.1. The molecule has 2 N–H and O–H groups in total. The molecule has 0 saturated heterocycles. The lowest BCUT2D eigenvalue weighted by Crippen LogP contribution is -2.19. The Bertz CT molecular complexity index is 567. The second-order valence-corrected chi connectivity index (χ2v) is 5.27. The van der Waals surface area contributed by atoms with Gasteiger partial charge in [0.05, 0.1) is 12.1 Å². The third kappa shape index (κ3) is 4.76. The van der Waals surface area contributed by atoms with Crippen LogP contribution in [0.4, 0.5) is 0 Å². The van der Waals surface area contributed by atoms with Crippen LogP contribution in [0, 0.1) is 6.92 Å². The van der Waals surface area contributed by atoms with Gasteiger partial charge < -0.3 is 15.2 Å². The van der Waals surface area contributed by atoms with Crippen LogP contribution < -0.4 is 15.2 Å². The fourth-order valence-corrected chi connectivity index (χ4v) is 1.94. The Morgan fingerprint density at radius 1 is 1.10 bits per heavy atom. The second-order valence-electron chi connectivity index (χ2n) is 5.27. The Balaban J connectivity index is 1.92. The van der Waals surface area contributed by atoms with Crippen molar-refractivity contribution in [2.24, 2.45) is 5.73 Å². The van der Waals surface area contributed by atoms with Gasteiger partial charge in [0.15, 0.2) is 0 Å². The lowest BCUT2D eigenvalue weighted by molar-refractivity contribution is 0.242. The van der Waals surface area contributed by atoms with Gasteiger partial charge in [-0.1, -0.05) is 18.2 Å². The number of nitrogens with two attached hydrogens (primary N) is 1. The smallest absolute Gasteiger partial charge is 0.213 e. The number of benzene rings is 1. The highest BCUT2D eigenvalue weighted by Crippen LogP contribution is 2.18. The van der Waals surface area contributed by atoms with Crippen LogP contribution in [-0.2, 0) is 0 Å². The van der Waals surface area contributed by atoms with Gasteiger partial charge >= 0.3 is 0 Å². The predicted octanol–water partition coefficient (Wildman–Crippen LogP) is 3.26. The Morgan fingerprint density at radius 3 is 2.43 bits per heavy atom. The van der Waals surface area contributed by atoms with Gasteiger partial charge in [-0.05, 0) is 44.5 Å². The van der Waals surface area contributed by atoms with Gasteiger partial charge in [0, 0.05) is 11.8 Å². The zero-order chi connectivity index (χ0) is 15.2. The van der Waals surface area contributed by atoms with Crippen LogP contribution in [0.3, 0.4) is 0 Å². The number of aryl methyl sites for hydroxylation is 1. The molecular formula is C17H22N2O2. The Kier molecular flexibility index (Phi) is 5.17. The van der Waals surface area contributed by atoms with Crippen LogP contribution >= 0.6 is 0 Å². The second kappa shape index (κ2) is 7.09. The van der Waals surface area contributed by atoms with Crippen molar-refractivity contribution in [2.75, 3.05) is 6.61 Å². The van der Waals surface area contributed by atoms with Gasteiger partial charge in [0.1, 0.15) is 12.4 Å². The van der Waals surface area contributed by atoms with E-state index in [1.807, 2.05) is 63.2 Å². The van der Waals surface area contributed by atoms with E-state index in [0.29, 0.717) is 12.5 Å². The molecule has 1 heterocycles. The minimum atomic E-state index is -0.194. The van der Waals surface area contributed by atoms with Crippen LogP contribution in [0.2, 0.25) is 0 Å². The van der Waals surface area contributed by atoms with Gasteiger partial charge in [-0.25, -0.2) is 4.98 Å². The predicted molar refractivity (Wildman–Crippen MR) is 83.6 cm³/mol. The van der Waals surface area contributed by atoms with E-state index in [0.717, 1.165) is 17.0 Å². The molecule has 4 heteroatoms. The standard InChI is InChI=1S/C17H22N2O2/c1-12(2)21-15-9-7-14(8-10-15)16(18)11-20-17-6-4-5-13(3)19-17/h4-10,12,16H,11,18H2,1-3H3. The van der Waals surface area contributed by atoms with E-state index in [1.165, 1.54) is 0 Å². The zero-order valence-corrected chi connectivity index (χ0v) is 12.7. The molecule has 2 rings (SSSR count). The van der Waals surface area contributed by atoms with E-state index >= 15 is 0 Å². The van der Waals surface area contributed by atoms with Crippen LogP contribution in [0.1, 0.15) is 31.1 Å². The topological polar surface area (TPSA) is 57.4 Å². The molecule has 0 radical (unpaired) electrons. The monoisotopic (exact) mass is 286 g/mol. The van der Waals surface area contributed by atoms with Crippen molar-refractivity contribution in [2.45, 2.75) is 32.9 Å². The lowest BCUT2D eigenvalue weighted by Gasteiger charge is -2.15. The average molecular weight is 286 g/mol. The number of pyridine rings is 1. The quantitative estimate of drug-likeness (QED) is 0.885. The van der Waals surface area contributed by atoms with Gasteiger partial charge in [-0.2, -0.15) is 0 Å². The fourth-order valence-electron chi connectivity index (χ4n) is 1.94. The average Bonchev–Trinajstić information content (AvgIpc) is 2.45. The fraction of sp³-hybridized carbons (Fsp3) is 0.353. The van der Waals surface area contributed by atoms with Gasteiger partial charge in [0.25, 0.3) is 0 Å². The Labute approximate surface area is 125 Å². The molecule has 2 aromatic rings. The maximum absolute atomic E-state index is 6.14. The van der Waals surface area contributed by atoms with Gasteiger partial charge in [0.2, 0.25) is 5.88 Å². The normalized spacial score (nSPS) is 12.2. The molecule has 0 spiro atoms. The van der Waals surface area contributed by atoms with Crippen molar-refractivity contribution in [3.63, 3.8) is 0 Å². The van der Waals surface area contributed by atoms with Crippen molar-refractivity contribution in [3.05, 3.63) is 53.7 Å². The van der Waals surface area contributed by atoms with E-state index < -0.39 is 0 Å². The molecule has 1 aromatic heterocycles. The molecule has 0 aliphatic carbocycles. The summed E-state index contributed by atoms with van der Waals surface area (Å²) >= 11 is 0. The van der Waals surface area contributed by atoms with Crippen molar-refractivity contribution >= 4 is 0 Å². The molecule has 1 aromatic carbocycles. The molecule has 0 fully saturated rings. The first-order chi connectivity index (χ1) is 10.0. The first kappa shape index (κ1) is 15.3. The summed E-state index contributed by atoms with van der Waals surface area (Å²) in [5.74, 6) is 1.45. The summed E-state index contributed by atoms with van der Waals surface area (Å²) < 4.78 is 11.2. The minimum Gasteiger partial charge on any atom is -0.491 e. The van der Waals surface area contributed by atoms with E-state index in [2.05, 4.69) is 4.98 Å². The largest absolute Gasteiger partial charge is 0.491 e. The van der Waals surface area contributed by atoms with Crippen LogP contribution in [0.25, 0.3) is 0 Å². The van der Waals surface area contributed by atoms with Gasteiger partial charge in [-0.3, -0.25) is 0 Å². The summed E-state index contributed by atoms with van der Waals surface area (Å²) in [7, 11) is 0. The zero-order valence-electron chi connectivity index (χ0n) is 12.7. The number of hydrogen-bond acceptors (Lipinski definition) is 4. The van der Waals surface area contributed by atoms with Crippen molar-refractivity contribution in [1.82, 2.24) is 4.98 Å². The maximum Gasteiger partial charge on any atom is 0.213 e.